The molecule has 2 aromatic rings. The van der Waals surface area contributed by atoms with Gasteiger partial charge in [0.2, 0.25) is 0 Å². The van der Waals surface area contributed by atoms with Crippen LogP contribution in [0.1, 0.15) is 25.1 Å². The minimum absolute atomic E-state index is 0.205. The highest BCUT2D eigenvalue weighted by atomic mass is 35.5. The van der Waals surface area contributed by atoms with Crippen molar-refractivity contribution < 1.29 is 9.73 Å². The first-order chi connectivity index (χ1) is 8.65. The molecular weight excluding hydrogens is 246 g/mol. The van der Waals surface area contributed by atoms with Gasteiger partial charge in [-0.05, 0) is 31.2 Å². The average Bonchev–Trinajstić information content (AvgIpc) is 2.80. The standard InChI is InChI=1S/C15H16ClNO/c1-11(2)9-14(15-7-4-8-18-15)17-13-6-3-5-12(16)10-13/h3-8,10,14,17H,1,9H2,2H3/p+1. The zero-order valence-corrected chi connectivity index (χ0v) is 11.2. The van der Waals surface area contributed by atoms with Crippen LogP contribution < -0.4 is 5.32 Å². The largest absolute Gasteiger partial charge is 0.463 e. The lowest BCUT2D eigenvalue weighted by Crippen LogP contribution is -2.79. The van der Waals surface area contributed by atoms with Crippen LogP contribution in [0.3, 0.4) is 0 Å². The normalized spacial score (nSPS) is 12.3. The molecule has 2 nitrogen and oxygen atoms in total. The van der Waals surface area contributed by atoms with Crippen LogP contribution in [0.2, 0.25) is 5.02 Å². The summed E-state index contributed by atoms with van der Waals surface area (Å²) in [4.78, 5) is 0. The van der Waals surface area contributed by atoms with E-state index in [0.29, 0.717) is 0 Å². The molecule has 18 heavy (non-hydrogen) atoms. The maximum Gasteiger partial charge on any atom is 0.161 e. The Morgan fingerprint density at radius 3 is 2.83 bits per heavy atom. The summed E-state index contributed by atoms with van der Waals surface area (Å²) in [7, 11) is 0. The number of benzene rings is 1. The quantitative estimate of drug-likeness (QED) is 0.644. The van der Waals surface area contributed by atoms with Gasteiger partial charge in [-0.25, -0.2) is 0 Å². The van der Waals surface area contributed by atoms with E-state index in [1.807, 2.05) is 43.3 Å². The van der Waals surface area contributed by atoms with Gasteiger partial charge in [0.1, 0.15) is 5.69 Å². The van der Waals surface area contributed by atoms with Crippen LogP contribution in [0.25, 0.3) is 0 Å². The second-order valence-corrected chi connectivity index (χ2v) is 4.94. The van der Waals surface area contributed by atoms with Gasteiger partial charge >= 0.3 is 0 Å². The molecule has 1 atom stereocenters. The third-order valence-electron chi connectivity index (χ3n) is 2.72. The molecule has 1 aromatic heterocycles. The fourth-order valence-corrected chi connectivity index (χ4v) is 2.16. The maximum atomic E-state index is 6.00. The zero-order valence-electron chi connectivity index (χ0n) is 10.4. The van der Waals surface area contributed by atoms with Crippen LogP contribution in [0.4, 0.5) is 5.69 Å². The van der Waals surface area contributed by atoms with E-state index >= 15 is 0 Å². The van der Waals surface area contributed by atoms with Crippen molar-refractivity contribution in [1.82, 2.24) is 0 Å². The molecule has 0 aliphatic carbocycles. The highest BCUT2D eigenvalue weighted by molar-refractivity contribution is 6.30. The van der Waals surface area contributed by atoms with Crippen molar-refractivity contribution in [2.24, 2.45) is 0 Å². The maximum absolute atomic E-state index is 6.00. The first-order valence-electron chi connectivity index (χ1n) is 5.93. The van der Waals surface area contributed by atoms with Gasteiger partial charge < -0.3 is 9.73 Å². The molecule has 0 fully saturated rings. The molecule has 0 saturated heterocycles. The summed E-state index contributed by atoms with van der Waals surface area (Å²) in [6, 6.07) is 11.9. The molecule has 0 aliphatic heterocycles. The van der Waals surface area contributed by atoms with Gasteiger partial charge in [-0.1, -0.05) is 29.8 Å². The summed E-state index contributed by atoms with van der Waals surface area (Å²) in [5, 5.41) is 2.91. The minimum Gasteiger partial charge on any atom is -0.463 e. The summed E-state index contributed by atoms with van der Waals surface area (Å²) >= 11 is 6.00. The number of hydrogen-bond donors (Lipinski definition) is 1. The van der Waals surface area contributed by atoms with E-state index in [-0.39, 0.29) is 6.04 Å². The highest BCUT2D eigenvalue weighted by Gasteiger charge is 2.18. The van der Waals surface area contributed by atoms with Crippen molar-refractivity contribution in [3.63, 3.8) is 0 Å². The Kier molecular flexibility index (Phi) is 4.24. The van der Waals surface area contributed by atoms with Gasteiger partial charge in [0.25, 0.3) is 0 Å². The number of furan rings is 1. The second-order valence-electron chi connectivity index (χ2n) is 4.50. The van der Waals surface area contributed by atoms with E-state index in [9.17, 15) is 0 Å². The first kappa shape index (κ1) is 12.9. The number of rotatable bonds is 5. The van der Waals surface area contributed by atoms with E-state index in [4.69, 9.17) is 16.0 Å². The van der Waals surface area contributed by atoms with E-state index in [0.717, 1.165) is 28.5 Å². The molecule has 0 radical (unpaired) electrons. The van der Waals surface area contributed by atoms with E-state index in [1.54, 1.807) is 6.26 Å². The fraction of sp³-hybridized carbons (Fsp3) is 0.200. The van der Waals surface area contributed by atoms with Crippen molar-refractivity contribution in [3.8, 4) is 0 Å². The summed E-state index contributed by atoms with van der Waals surface area (Å²) in [6.45, 7) is 6.01. The predicted octanol–water partition coefficient (Wildman–Crippen LogP) is 3.84. The number of halogens is 1. The molecule has 94 valence electrons. The Labute approximate surface area is 112 Å². The summed E-state index contributed by atoms with van der Waals surface area (Å²) < 4.78 is 5.49. The molecule has 1 aromatic carbocycles. The highest BCUT2D eigenvalue weighted by Crippen LogP contribution is 2.19. The monoisotopic (exact) mass is 262 g/mol. The molecule has 0 amide bonds. The molecule has 0 saturated carbocycles. The van der Waals surface area contributed by atoms with Crippen molar-refractivity contribution in [3.05, 3.63) is 65.6 Å². The Morgan fingerprint density at radius 2 is 2.22 bits per heavy atom. The Hall–Kier alpha value is -1.51. The molecule has 0 aliphatic rings. The lowest BCUT2D eigenvalue weighted by Gasteiger charge is -2.13. The van der Waals surface area contributed by atoms with Crippen LogP contribution >= 0.6 is 11.6 Å². The molecule has 2 rings (SSSR count). The van der Waals surface area contributed by atoms with Crippen molar-refractivity contribution in [2.45, 2.75) is 19.4 Å². The Balaban J connectivity index is 2.17. The molecule has 1 unspecified atom stereocenters. The number of nitrogens with two attached hydrogens (primary N) is 1. The zero-order chi connectivity index (χ0) is 13.0. The molecule has 0 bridgehead atoms. The van der Waals surface area contributed by atoms with Gasteiger partial charge in [0.05, 0.1) is 6.26 Å². The van der Waals surface area contributed by atoms with E-state index < -0.39 is 0 Å². The Morgan fingerprint density at radius 1 is 1.39 bits per heavy atom. The van der Waals surface area contributed by atoms with Crippen LogP contribution in [0, 0.1) is 0 Å². The van der Waals surface area contributed by atoms with Crippen LogP contribution in [-0.4, -0.2) is 0 Å². The third-order valence-corrected chi connectivity index (χ3v) is 2.95. The number of hydrogen-bond acceptors (Lipinski definition) is 1. The molecule has 0 spiro atoms. The van der Waals surface area contributed by atoms with Gasteiger partial charge in [0, 0.05) is 17.5 Å². The lowest BCUT2D eigenvalue weighted by molar-refractivity contribution is -0.620. The summed E-state index contributed by atoms with van der Waals surface area (Å²) in [5.41, 5.74) is 2.24. The SMILES string of the molecule is C=C(C)CC([NH2+]c1cccc(Cl)c1)c1ccco1. The summed E-state index contributed by atoms with van der Waals surface area (Å²) in [6.07, 6.45) is 2.58. The molecule has 2 N–H and O–H groups in total. The van der Waals surface area contributed by atoms with E-state index in [1.165, 1.54) is 0 Å². The fourth-order valence-electron chi connectivity index (χ4n) is 1.96. The van der Waals surface area contributed by atoms with Crippen LogP contribution in [0.5, 0.6) is 0 Å². The smallest absolute Gasteiger partial charge is 0.161 e. The summed E-state index contributed by atoms with van der Waals surface area (Å²) in [5.74, 6) is 0.956. The van der Waals surface area contributed by atoms with Crippen molar-refractivity contribution in [1.29, 1.82) is 0 Å². The Bertz CT molecular complexity index is 519. The van der Waals surface area contributed by atoms with Crippen LogP contribution in [0.15, 0.2) is 59.2 Å². The molecular formula is C15H17ClNO+. The van der Waals surface area contributed by atoms with Gasteiger partial charge in [0.15, 0.2) is 11.8 Å². The van der Waals surface area contributed by atoms with Gasteiger partial charge in [-0.15, -0.1) is 0 Å². The van der Waals surface area contributed by atoms with Crippen LogP contribution in [-0.2, 0) is 0 Å². The molecule has 1 heterocycles. The predicted molar refractivity (Wildman–Crippen MR) is 73.9 cm³/mol. The molecule has 3 heteroatoms. The lowest BCUT2D eigenvalue weighted by atomic mass is 10.1. The second kappa shape index (κ2) is 5.89. The average molecular weight is 263 g/mol. The van der Waals surface area contributed by atoms with Crippen molar-refractivity contribution >= 4 is 17.3 Å². The van der Waals surface area contributed by atoms with E-state index in [2.05, 4.69) is 11.9 Å². The topological polar surface area (TPSA) is 29.8 Å². The minimum atomic E-state index is 0.205. The van der Waals surface area contributed by atoms with Gasteiger partial charge in [-0.2, -0.15) is 0 Å². The van der Waals surface area contributed by atoms with Crippen molar-refractivity contribution in [2.75, 3.05) is 0 Å². The third kappa shape index (κ3) is 3.49. The van der Waals surface area contributed by atoms with Gasteiger partial charge in [-0.3, -0.25) is 0 Å². The number of quaternary nitrogens is 1. The first-order valence-corrected chi connectivity index (χ1v) is 6.31.